The molecule has 9 heteroatoms. The minimum atomic E-state index is -3.97. The third kappa shape index (κ3) is 5.23. The molecule has 0 aromatic heterocycles. The lowest BCUT2D eigenvalue weighted by atomic mass is 10.1. The van der Waals surface area contributed by atoms with Crippen molar-refractivity contribution in [3.63, 3.8) is 0 Å². The standard InChI is InChI=1S/C16H23N3O5S/c1-18(12-16(20)17-13-7-4-2-3-5-8-13)25(23,24)15-10-6-9-14(11-15)19(21)22/h6,9-11,13H,2-5,7-8,12H2,1H3,(H,17,20). The van der Waals surface area contributed by atoms with Gasteiger partial charge in [-0.25, -0.2) is 8.42 Å². The summed E-state index contributed by atoms with van der Waals surface area (Å²) in [6.45, 7) is -0.318. The molecule has 0 saturated heterocycles. The zero-order valence-electron chi connectivity index (χ0n) is 14.2. The number of carbonyl (C=O) groups is 1. The highest BCUT2D eigenvalue weighted by Crippen LogP contribution is 2.20. The monoisotopic (exact) mass is 369 g/mol. The molecule has 138 valence electrons. The van der Waals surface area contributed by atoms with Crippen molar-refractivity contribution in [3.8, 4) is 0 Å². The molecule has 0 atom stereocenters. The Hall–Kier alpha value is -2.00. The van der Waals surface area contributed by atoms with Crippen molar-refractivity contribution in [1.29, 1.82) is 0 Å². The Morgan fingerprint density at radius 3 is 2.52 bits per heavy atom. The summed E-state index contributed by atoms with van der Waals surface area (Å²) in [5.74, 6) is -0.358. The predicted molar refractivity (Wildman–Crippen MR) is 92.5 cm³/mol. The minimum absolute atomic E-state index is 0.0870. The number of nitro groups is 1. The molecule has 0 bridgehead atoms. The molecule has 0 aliphatic heterocycles. The molecule has 1 aromatic rings. The van der Waals surface area contributed by atoms with Crippen LogP contribution in [0.25, 0.3) is 0 Å². The first-order valence-corrected chi connectivity index (χ1v) is 9.75. The number of hydrogen-bond donors (Lipinski definition) is 1. The van der Waals surface area contributed by atoms with Gasteiger partial charge in [-0.15, -0.1) is 0 Å². The normalized spacial score (nSPS) is 16.4. The van der Waals surface area contributed by atoms with E-state index < -0.39 is 14.9 Å². The molecule has 1 saturated carbocycles. The molecule has 1 N–H and O–H groups in total. The fraction of sp³-hybridized carbons (Fsp3) is 0.562. The topological polar surface area (TPSA) is 110 Å². The first-order valence-electron chi connectivity index (χ1n) is 8.31. The largest absolute Gasteiger partial charge is 0.352 e. The summed E-state index contributed by atoms with van der Waals surface area (Å²) >= 11 is 0. The van der Waals surface area contributed by atoms with Gasteiger partial charge in [-0.1, -0.05) is 31.7 Å². The van der Waals surface area contributed by atoms with Crippen LogP contribution in [0, 0.1) is 10.1 Å². The van der Waals surface area contributed by atoms with E-state index in [9.17, 15) is 23.3 Å². The Morgan fingerprint density at radius 2 is 1.92 bits per heavy atom. The van der Waals surface area contributed by atoms with E-state index in [2.05, 4.69) is 5.32 Å². The summed E-state index contributed by atoms with van der Waals surface area (Å²) in [6, 6.07) is 4.89. The SMILES string of the molecule is CN(CC(=O)NC1CCCCCC1)S(=O)(=O)c1cccc([N+](=O)[O-])c1. The van der Waals surface area contributed by atoms with Crippen LogP contribution in [-0.4, -0.2) is 43.2 Å². The van der Waals surface area contributed by atoms with Crippen LogP contribution >= 0.6 is 0 Å². The van der Waals surface area contributed by atoms with Gasteiger partial charge in [0.1, 0.15) is 0 Å². The number of sulfonamides is 1. The molecule has 1 aliphatic carbocycles. The zero-order chi connectivity index (χ0) is 18.4. The molecular weight excluding hydrogens is 346 g/mol. The van der Waals surface area contributed by atoms with Gasteiger partial charge in [-0.3, -0.25) is 14.9 Å². The fourth-order valence-corrected chi connectivity index (χ4v) is 4.09. The number of nitrogens with zero attached hydrogens (tertiary/aromatic N) is 2. The van der Waals surface area contributed by atoms with Crippen molar-refractivity contribution in [2.24, 2.45) is 0 Å². The van der Waals surface area contributed by atoms with E-state index in [0.717, 1.165) is 48.9 Å². The van der Waals surface area contributed by atoms with Gasteiger partial charge in [0, 0.05) is 25.2 Å². The van der Waals surface area contributed by atoms with Gasteiger partial charge in [-0.05, 0) is 18.9 Å². The number of likely N-dealkylation sites (N-methyl/N-ethyl adjacent to an activating group) is 1. The summed E-state index contributed by atoms with van der Waals surface area (Å²) in [5, 5.41) is 13.7. The molecule has 1 aromatic carbocycles. The van der Waals surface area contributed by atoms with E-state index in [1.54, 1.807) is 0 Å². The lowest BCUT2D eigenvalue weighted by molar-refractivity contribution is -0.385. The van der Waals surface area contributed by atoms with E-state index >= 15 is 0 Å². The van der Waals surface area contributed by atoms with E-state index in [0.29, 0.717) is 0 Å². The van der Waals surface area contributed by atoms with Crippen LogP contribution in [0.15, 0.2) is 29.2 Å². The highest BCUT2D eigenvalue weighted by molar-refractivity contribution is 7.89. The van der Waals surface area contributed by atoms with Crippen LogP contribution in [0.1, 0.15) is 38.5 Å². The molecule has 2 rings (SSSR count). The number of non-ortho nitro benzene ring substituents is 1. The van der Waals surface area contributed by atoms with Gasteiger partial charge in [0.15, 0.2) is 0 Å². The molecule has 1 amide bonds. The predicted octanol–water partition coefficient (Wildman–Crippen LogP) is 2.05. The summed E-state index contributed by atoms with van der Waals surface area (Å²) in [5.41, 5.74) is -0.308. The highest BCUT2D eigenvalue weighted by Gasteiger charge is 2.25. The van der Waals surface area contributed by atoms with Crippen LogP contribution in [-0.2, 0) is 14.8 Å². The average molecular weight is 369 g/mol. The van der Waals surface area contributed by atoms with Crippen molar-refractivity contribution in [1.82, 2.24) is 9.62 Å². The minimum Gasteiger partial charge on any atom is -0.352 e. The Labute approximate surface area is 147 Å². The van der Waals surface area contributed by atoms with Gasteiger partial charge in [0.05, 0.1) is 16.4 Å². The quantitative estimate of drug-likeness (QED) is 0.469. The summed E-state index contributed by atoms with van der Waals surface area (Å²) in [6.07, 6.45) is 6.26. The van der Waals surface area contributed by atoms with E-state index in [1.165, 1.54) is 25.2 Å². The molecular formula is C16H23N3O5S. The summed E-state index contributed by atoms with van der Waals surface area (Å²) < 4.78 is 25.9. The Balaban J connectivity index is 2.02. The first-order chi connectivity index (χ1) is 11.8. The Bertz CT molecular complexity index is 727. The molecule has 0 radical (unpaired) electrons. The van der Waals surface area contributed by atoms with Gasteiger partial charge < -0.3 is 5.32 Å². The fourth-order valence-electron chi connectivity index (χ4n) is 2.92. The second-order valence-corrected chi connectivity index (χ2v) is 8.32. The lowest BCUT2D eigenvalue weighted by Gasteiger charge is -2.20. The third-order valence-electron chi connectivity index (χ3n) is 4.32. The number of nitro benzene ring substituents is 1. The molecule has 25 heavy (non-hydrogen) atoms. The van der Waals surface area contributed by atoms with Gasteiger partial charge in [0.25, 0.3) is 5.69 Å². The van der Waals surface area contributed by atoms with Crippen molar-refractivity contribution >= 4 is 21.6 Å². The molecule has 1 aliphatic rings. The maximum absolute atomic E-state index is 12.5. The maximum Gasteiger partial charge on any atom is 0.270 e. The molecule has 0 unspecified atom stereocenters. The van der Waals surface area contributed by atoms with Gasteiger partial charge >= 0.3 is 0 Å². The van der Waals surface area contributed by atoms with Crippen LogP contribution < -0.4 is 5.32 Å². The van der Waals surface area contributed by atoms with Crippen molar-refractivity contribution in [3.05, 3.63) is 34.4 Å². The van der Waals surface area contributed by atoms with E-state index in [1.807, 2.05) is 0 Å². The molecule has 0 heterocycles. The lowest BCUT2D eigenvalue weighted by Crippen LogP contribution is -2.42. The van der Waals surface area contributed by atoms with Crippen LogP contribution in [0.4, 0.5) is 5.69 Å². The molecule has 8 nitrogen and oxygen atoms in total. The zero-order valence-corrected chi connectivity index (χ0v) is 15.0. The van der Waals surface area contributed by atoms with Crippen molar-refractivity contribution in [2.45, 2.75) is 49.5 Å². The first kappa shape index (κ1) is 19.3. The maximum atomic E-state index is 12.5. The smallest absolute Gasteiger partial charge is 0.270 e. The second kappa shape index (κ2) is 8.39. The number of hydrogen-bond acceptors (Lipinski definition) is 5. The number of nitrogens with one attached hydrogen (secondary N) is 1. The molecule has 1 fully saturated rings. The summed E-state index contributed by atoms with van der Waals surface area (Å²) in [7, 11) is -2.68. The Kier molecular flexibility index (Phi) is 6.49. The van der Waals surface area contributed by atoms with Crippen LogP contribution in [0.3, 0.4) is 0 Å². The highest BCUT2D eigenvalue weighted by atomic mass is 32.2. The van der Waals surface area contributed by atoms with Gasteiger partial charge in [0.2, 0.25) is 15.9 Å². The third-order valence-corrected chi connectivity index (χ3v) is 6.12. The van der Waals surface area contributed by atoms with Crippen LogP contribution in [0.2, 0.25) is 0 Å². The van der Waals surface area contributed by atoms with E-state index in [-0.39, 0.29) is 29.1 Å². The summed E-state index contributed by atoms with van der Waals surface area (Å²) in [4.78, 5) is 22.1. The van der Waals surface area contributed by atoms with Crippen molar-refractivity contribution < 1.29 is 18.1 Å². The molecule has 0 spiro atoms. The average Bonchev–Trinajstić information content (AvgIpc) is 2.83. The number of amides is 1. The van der Waals surface area contributed by atoms with Crippen molar-refractivity contribution in [2.75, 3.05) is 13.6 Å². The van der Waals surface area contributed by atoms with Crippen LogP contribution in [0.5, 0.6) is 0 Å². The number of carbonyl (C=O) groups excluding carboxylic acids is 1. The number of rotatable bonds is 6. The van der Waals surface area contributed by atoms with Gasteiger partial charge in [-0.2, -0.15) is 4.31 Å². The van der Waals surface area contributed by atoms with E-state index in [4.69, 9.17) is 0 Å². The number of benzene rings is 1. The Morgan fingerprint density at radius 1 is 1.28 bits per heavy atom. The second-order valence-electron chi connectivity index (χ2n) is 6.27.